The molecule has 1 saturated heterocycles. The van der Waals surface area contributed by atoms with E-state index < -0.39 is 6.10 Å². The average molecular weight is 284 g/mol. The predicted molar refractivity (Wildman–Crippen MR) is 73.5 cm³/mol. The third-order valence-corrected chi connectivity index (χ3v) is 3.68. The Labute approximate surface area is 119 Å². The minimum atomic E-state index is -0.600. The second-order valence-corrected chi connectivity index (χ2v) is 5.52. The van der Waals surface area contributed by atoms with Crippen LogP contribution in [0.3, 0.4) is 0 Å². The summed E-state index contributed by atoms with van der Waals surface area (Å²) in [5.41, 5.74) is 0. The highest BCUT2D eigenvalue weighted by Crippen LogP contribution is 2.11. The van der Waals surface area contributed by atoms with Crippen LogP contribution in [0.25, 0.3) is 0 Å². The molecular weight excluding hydrogens is 260 g/mol. The van der Waals surface area contributed by atoms with Crippen molar-refractivity contribution >= 4 is 0 Å². The van der Waals surface area contributed by atoms with Gasteiger partial charge in [0.1, 0.15) is 0 Å². The first kappa shape index (κ1) is 15.4. The molecule has 1 aromatic rings. The topological polar surface area (TPSA) is 74.9 Å². The SMILES string of the molecule is COCC(O)Cc1nc(CC2CN(C)CCN2C)no1. The molecule has 7 nitrogen and oxygen atoms in total. The molecule has 2 atom stereocenters. The zero-order valence-corrected chi connectivity index (χ0v) is 12.4. The van der Waals surface area contributed by atoms with E-state index in [2.05, 4.69) is 34.0 Å². The molecule has 0 aromatic carbocycles. The lowest BCUT2D eigenvalue weighted by molar-refractivity contribution is 0.0599. The maximum Gasteiger partial charge on any atom is 0.229 e. The van der Waals surface area contributed by atoms with Crippen LogP contribution in [0.15, 0.2) is 4.52 Å². The number of hydrogen-bond acceptors (Lipinski definition) is 7. The molecule has 0 aliphatic carbocycles. The molecule has 1 aliphatic heterocycles. The highest BCUT2D eigenvalue weighted by molar-refractivity contribution is 4.94. The van der Waals surface area contributed by atoms with Gasteiger partial charge in [-0.3, -0.25) is 0 Å². The standard InChI is InChI=1S/C13H24N4O3/c1-16-4-5-17(2)10(8-16)6-12-14-13(20-15-12)7-11(18)9-19-3/h10-11,18H,4-9H2,1-3H3. The number of aromatic nitrogens is 2. The van der Waals surface area contributed by atoms with E-state index in [0.717, 1.165) is 26.1 Å². The molecule has 1 fully saturated rings. The van der Waals surface area contributed by atoms with Crippen LogP contribution in [-0.2, 0) is 17.6 Å². The van der Waals surface area contributed by atoms with E-state index in [1.54, 1.807) is 7.11 Å². The zero-order chi connectivity index (χ0) is 14.5. The Morgan fingerprint density at radius 2 is 2.25 bits per heavy atom. The third kappa shape index (κ3) is 4.24. The summed E-state index contributed by atoms with van der Waals surface area (Å²) in [4.78, 5) is 8.99. The molecule has 7 heteroatoms. The number of hydrogen-bond donors (Lipinski definition) is 1. The van der Waals surface area contributed by atoms with Gasteiger partial charge in [-0.25, -0.2) is 0 Å². The molecular formula is C13H24N4O3. The van der Waals surface area contributed by atoms with E-state index in [1.165, 1.54) is 0 Å². The Balaban J connectivity index is 1.88. The van der Waals surface area contributed by atoms with Gasteiger partial charge in [-0.05, 0) is 14.1 Å². The van der Waals surface area contributed by atoms with Crippen LogP contribution >= 0.6 is 0 Å². The number of likely N-dealkylation sites (N-methyl/N-ethyl adjacent to an activating group) is 2. The molecule has 114 valence electrons. The quantitative estimate of drug-likeness (QED) is 0.748. The van der Waals surface area contributed by atoms with Crippen LogP contribution < -0.4 is 0 Å². The molecule has 0 saturated carbocycles. The third-order valence-electron chi connectivity index (χ3n) is 3.68. The van der Waals surface area contributed by atoms with Crippen LogP contribution in [0.2, 0.25) is 0 Å². The minimum absolute atomic E-state index is 0.272. The Kier molecular flexibility index (Phi) is 5.47. The summed E-state index contributed by atoms with van der Waals surface area (Å²) in [7, 11) is 5.81. The molecule has 0 spiro atoms. The van der Waals surface area contributed by atoms with Gasteiger partial charge in [-0.15, -0.1) is 0 Å². The van der Waals surface area contributed by atoms with Crippen molar-refractivity contribution in [1.29, 1.82) is 0 Å². The molecule has 1 N–H and O–H groups in total. The van der Waals surface area contributed by atoms with Crippen molar-refractivity contribution in [2.45, 2.75) is 25.0 Å². The number of aliphatic hydroxyl groups is 1. The van der Waals surface area contributed by atoms with Crippen molar-refractivity contribution in [1.82, 2.24) is 19.9 Å². The predicted octanol–water partition coefficient (Wildman–Crippen LogP) is -0.592. The lowest BCUT2D eigenvalue weighted by Crippen LogP contribution is -2.50. The van der Waals surface area contributed by atoms with E-state index in [-0.39, 0.29) is 6.61 Å². The Hall–Kier alpha value is -1.02. The molecule has 2 rings (SSSR count). The number of rotatable bonds is 6. The second kappa shape index (κ2) is 7.12. The lowest BCUT2D eigenvalue weighted by Gasteiger charge is -2.37. The highest BCUT2D eigenvalue weighted by Gasteiger charge is 2.24. The van der Waals surface area contributed by atoms with Gasteiger partial charge in [0.05, 0.1) is 19.1 Å². The number of piperazine rings is 1. The summed E-state index contributed by atoms with van der Waals surface area (Å²) in [5.74, 6) is 1.17. The summed E-state index contributed by atoms with van der Waals surface area (Å²) in [6.45, 7) is 3.42. The highest BCUT2D eigenvalue weighted by atomic mass is 16.5. The molecule has 0 amide bonds. The van der Waals surface area contributed by atoms with E-state index in [1.807, 2.05) is 0 Å². The minimum Gasteiger partial charge on any atom is -0.390 e. The molecule has 1 aliphatic rings. The van der Waals surface area contributed by atoms with Crippen molar-refractivity contribution in [3.05, 3.63) is 11.7 Å². The van der Waals surface area contributed by atoms with Crippen molar-refractivity contribution in [3.63, 3.8) is 0 Å². The van der Waals surface area contributed by atoms with Gasteiger partial charge in [0.25, 0.3) is 0 Å². The van der Waals surface area contributed by atoms with Crippen LogP contribution in [-0.4, -0.2) is 84.6 Å². The molecule has 1 aromatic heterocycles. The number of nitrogens with zero attached hydrogens (tertiary/aromatic N) is 4. The van der Waals surface area contributed by atoms with Crippen molar-refractivity contribution < 1.29 is 14.4 Å². The first-order chi connectivity index (χ1) is 9.58. The number of methoxy groups -OCH3 is 1. The first-order valence-corrected chi connectivity index (χ1v) is 6.95. The van der Waals surface area contributed by atoms with Crippen LogP contribution in [0.5, 0.6) is 0 Å². The summed E-state index contributed by atoms with van der Waals surface area (Å²) in [6.07, 6.45) is 0.503. The van der Waals surface area contributed by atoms with Crippen LogP contribution in [0.1, 0.15) is 11.7 Å². The average Bonchev–Trinajstić information content (AvgIpc) is 2.81. The van der Waals surface area contributed by atoms with Crippen molar-refractivity contribution in [2.24, 2.45) is 0 Å². The maximum absolute atomic E-state index is 9.64. The number of ether oxygens (including phenoxy) is 1. The fraction of sp³-hybridized carbons (Fsp3) is 0.846. The smallest absolute Gasteiger partial charge is 0.229 e. The molecule has 2 unspecified atom stereocenters. The molecule has 0 radical (unpaired) electrons. The summed E-state index contributed by atoms with van der Waals surface area (Å²) in [6, 6.07) is 0.406. The fourth-order valence-electron chi connectivity index (χ4n) is 2.44. The Morgan fingerprint density at radius 1 is 1.45 bits per heavy atom. The second-order valence-electron chi connectivity index (χ2n) is 5.52. The lowest BCUT2D eigenvalue weighted by atomic mass is 10.1. The summed E-state index contributed by atoms with van der Waals surface area (Å²) < 4.78 is 10.1. The normalized spacial score (nSPS) is 23.1. The van der Waals surface area contributed by atoms with Gasteiger partial charge in [-0.1, -0.05) is 5.16 Å². The van der Waals surface area contributed by atoms with Gasteiger partial charge in [0.15, 0.2) is 5.82 Å². The molecule has 2 heterocycles. The van der Waals surface area contributed by atoms with Crippen molar-refractivity contribution in [2.75, 3.05) is 47.4 Å². The number of aliphatic hydroxyl groups excluding tert-OH is 1. The first-order valence-electron chi connectivity index (χ1n) is 6.95. The van der Waals surface area contributed by atoms with Gasteiger partial charge in [0, 0.05) is 39.2 Å². The fourth-order valence-corrected chi connectivity index (χ4v) is 2.44. The largest absolute Gasteiger partial charge is 0.390 e. The Bertz CT molecular complexity index is 412. The zero-order valence-electron chi connectivity index (χ0n) is 12.4. The van der Waals surface area contributed by atoms with E-state index in [4.69, 9.17) is 9.26 Å². The van der Waals surface area contributed by atoms with Gasteiger partial charge >= 0.3 is 0 Å². The van der Waals surface area contributed by atoms with Gasteiger partial charge < -0.3 is 24.2 Å². The van der Waals surface area contributed by atoms with E-state index >= 15 is 0 Å². The van der Waals surface area contributed by atoms with E-state index in [0.29, 0.717) is 24.2 Å². The van der Waals surface area contributed by atoms with Gasteiger partial charge in [-0.2, -0.15) is 4.98 Å². The Morgan fingerprint density at radius 3 is 3.00 bits per heavy atom. The summed E-state index contributed by atoms with van der Waals surface area (Å²) in [5, 5.41) is 13.6. The summed E-state index contributed by atoms with van der Waals surface area (Å²) >= 11 is 0. The maximum atomic E-state index is 9.64. The van der Waals surface area contributed by atoms with Crippen LogP contribution in [0.4, 0.5) is 0 Å². The van der Waals surface area contributed by atoms with Gasteiger partial charge in [0.2, 0.25) is 5.89 Å². The molecule has 0 bridgehead atoms. The monoisotopic (exact) mass is 284 g/mol. The molecule has 20 heavy (non-hydrogen) atoms. The van der Waals surface area contributed by atoms with Crippen molar-refractivity contribution in [3.8, 4) is 0 Å². The van der Waals surface area contributed by atoms with Crippen LogP contribution in [0, 0.1) is 0 Å². The van der Waals surface area contributed by atoms with E-state index in [9.17, 15) is 5.11 Å².